The smallest absolute Gasteiger partial charge is 0.416 e. The molecule has 0 aliphatic carbocycles. The van der Waals surface area contributed by atoms with Gasteiger partial charge in [-0.1, -0.05) is 25.1 Å². The van der Waals surface area contributed by atoms with Gasteiger partial charge >= 0.3 is 12.4 Å². The molecule has 16 heteroatoms. The second-order valence-corrected chi connectivity index (χ2v) is 14.5. The number of carbonyl (C=O) groups excluding carboxylic acids is 2. The van der Waals surface area contributed by atoms with Gasteiger partial charge in [0.2, 0.25) is 23.6 Å². The van der Waals surface area contributed by atoms with Gasteiger partial charge in [-0.25, -0.2) is 10.9 Å². The van der Waals surface area contributed by atoms with Crippen LogP contribution in [0.4, 0.5) is 26.3 Å². The number of alkyl halides is 6. The van der Waals surface area contributed by atoms with Gasteiger partial charge in [-0.2, -0.15) is 36.5 Å². The molecule has 0 radical (unpaired) electrons. The third kappa shape index (κ3) is 8.38. The van der Waals surface area contributed by atoms with Crippen molar-refractivity contribution < 1.29 is 46.1 Å². The van der Waals surface area contributed by atoms with E-state index in [1.54, 1.807) is 38.1 Å². The van der Waals surface area contributed by atoms with E-state index in [0.717, 1.165) is 35.4 Å². The maximum absolute atomic E-state index is 14.7. The summed E-state index contributed by atoms with van der Waals surface area (Å²) in [6.07, 6.45) is -9.67. The van der Waals surface area contributed by atoms with Crippen LogP contribution in [0.3, 0.4) is 0 Å². The number of hydrazone groups is 2. The molecule has 0 aliphatic rings. The molecule has 308 valence electrons. The highest BCUT2D eigenvalue weighted by Crippen LogP contribution is 2.43. The van der Waals surface area contributed by atoms with Crippen LogP contribution in [0.25, 0.3) is 33.2 Å². The van der Waals surface area contributed by atoms with E-state index in [2.05, 4.69) is 21.1 Å². The van der Waals surface area contributed by atoms with E-state index in [-0.39, 0.29) is 68.4 Å². The standard InChI is InChI=1S/C43H40F6N6O4/c1-8-36(57)53-51-24(5)37-33-10-9-29(42(44,45)46)19-34(33)54(40(37)58)32-15-23(4)12-27(17-32)16-28-18-30(43(47,48)49)20-35-39(28)38(25(6)50-52-26(7)56)41(59)55(35)31-13-21(2)11-22(3)14-31/h9-15,17-20,58-59H,8,16H2,1-7H3,(H,52,56)(H,53,57). The van der Waals surface area contributed by atoms with E-state index in [1.165, 1.54) is 42.0 Å². The Morgan fingerprint density at radius 1 is 0.661 bits per heavy atom. The van der Waals surface area contributed by atoms with Gasteiger partial charge in [0.15, 0.2) is 0 Å². The lowest BCUT2D eigenvalue weighted by Gasteiger charge is -2.16. The number of hydrogen-bond acceptors (Lipinski definition) is 6. The van der Waals surface area contributed by atoms with Crippen molar-refractivity contribution in [2.75, 3.05) is 0 Å². The molecule has 2 aromatic heterocycles. The predicted octanol–water partition coefficient (Wildman–Crippen LogP) is 9.65. The van der Waals surface area contributed by atoms with Crippen molar-refractivity contribution in [2.24, 2.45) is 10.2 Å². The highest BCUT2D eigenvalue weighted by molar-refractivity contribution is 6.14. The van der Waals surface area contributed by atoms with Crippen molar-refractivity contribution in [3.05, 3.63) is 117 Å². The Hall–Kier alpha value is -6.58. The van der Waals surface area contributed by atoms with Crippen LogP contribution in [0, 0.1) is 20.8 Å². The van der Waals surface area contributed by atoms with Crippen LogP contribution >= 0.6 is 0 Å². The topological polar surface area (TPSA) is 133 Å². The number of aromatic hydroxyl groups is 2. The maximum Gasteiger partial charge on any atom is 0.416 e. The number of amides is 2. The number of benzene rings is 4. The lowest BCUT2D eigenvalue weighted by molar-refractivity contribution is -0.138. The molecule has 59 heavy (non-hydrogen) atoms. The summed E-state index contributed by atoms with van der Waals surface area (Å²) in [6, 6.07) is 14.9. The monoisotopic (exact) mass is 818 g/mol. The van der Waals surface area contributed by atoms with Crippen molar-refractivity contribution in [1.82, 2.24) is 20.0 Å². The van der Waals surface area contributed by atoms with Gasteiger partial charge < -0.3 is 10.2 Å². The second kappa shape index (κ2) is 15.6. The van der Waals surface area contributed by atoms with E-state index < -0.39 is 47.1 Å². The summed E-state index contributed by atoms with van der Waals surface area (Å²) in [5, 5.41) is 32.2. The fraction of sp³-hybridized carbons (Fsp3) is 0.256. The lowest BCUT2D eigenvalue weighted by atomic mass is 9.94. The van der Waals surface area contributed by atoms with E-state index in [9.17, 15) is 46.1 Å². The molecule has 6 rings (SSSR count). The summed E-state index contributed by atoms with van der Waals surface area (Å²) in [5.74, 6) is -1.87. The van der Waals surface area contributed by atoms with Crippen LogP contribution in [0.15, 0.2) is 76.9 Å². The van der Waals surface area contributed by atoms with Gasteiger partial charge in [0, 0.05) is 35.5 Å². The van der Waals surface area contributed by atoms with Crippen LogP contribution in [0.2, 0.25) is 0 Å². The number of nitrogens with one attached hydrogen (secondary N) is 2. The van der Waals surface area contributed by atoms with Gasteiger partial charge in [-0.05, 0) is 117 Å². The van der Waals surface area contributed by atoms with Crippen LogP contribution < -0.4 is 10.9 Å². The summed E-state index contributed by atoms with van der Waals surface area (Å²) in [4.78, 5) is 23.8. The van der Waals surface area contributed by atoms with Crippen LogP contribution in [0.5, 0.6) is 11.8 Å². The molecular weight excluding hydrogens is 778 g/mol. The van der Waals surface area contributed by atoms with Gasteiger partial charge in [-0.15, -0.1) is 0 Å². The molecule has 0 fully saturated rings. The van der Waals surface area contributed by atoms with E-state index in [1.807, 2.05) is 19.9 Å². The Kier molecular flexibility index (Phi) is 11.1. The number of rotatable bonds is 9. The summed E-state index contributed by atoms with van der Waals surface area (Å²) in [6.45, 7) is 11.1. The maximum atomic E-state index is 14.7. The Labute approximate surface area is 334 Å². The zero-order valence-electron chi connectivity index (χ0n) is 33.0. The Bertz CT molecular complexity index is 2720. The van der Waals surface area contributed by atoms with Gasteiger partial charge in [-0.3, -0.25) is 18.7 Å². The molecule has 0 saturated carbocycles. The highest BCUT2D eigenvalue weighted by atomic mass is 19.4. The molecule has 10 nitrogen and oxygen atoms in total. The number of aromatic nitrogens is 2. The normalized spacial score (nSPS) is 12.8. The Morgan fingerprint density at radius 3 is 1.78 bits per heavy atom. The number of nitrogens with zero attached hydrogens (tertiary/aromatic N) is 4. The molecule has 6 aromatic rings. The second-order valence-electron chi connectivity index (χ2n) is 14.5. The molecule has 2 amide bonds. The van der Waals surface area contributed by atoms with E-state index in [0.29, 0.717) is 16.8 Å². The van der Waals surface area contributed by atoms with E-state index >= 15 is 0 Å². The third-order valence-corrected chi connectivity index (χ3v) is 9.74. The number of fused-ring (bicyclic) bond motifs is 2. The number of aryl methyl sites for hydroxylation is 3. The summed E-state index contributed by atoms with van der Waals surface area (Å²) < 4.78 is 88.9. The fourth-order valence-electron chi connectivity index (χ4n) is 7.34. The fourth-order valence-corrected chi connectivity index (χ4v) is 7.34. The van der Waals surface area contributed by atoms with Crippen molar-refractivity contribution in [2.45, 2.75) is 73.7 Å². The molecule has 4 N–H and O–H groups in total. The molecule has 0 aliphatic heterocycles. The van der Waals surface area contributed by atoms with Gasteiger partial charge in [0.25, 0.3) is 0 Å². The minimum atomic E-state index is -4.83. The first-order valence-electron chi connectivity index (χ1n) is 18.4. The largest absolute Gasteiger partial charge is 0.494 e. The first-order chi connectivity index (χ1) is 27.6. The molecule has 2 heterocycles. The molecule has 0 spiro atoms. The number of carbonyl (C=O) groups is 2. The number of halogens is 6. The average Bonchev–Trinajstić information content (AvgIpc) is 3.60. The van der Waals surface area contributed by atoms with Crippen LogP contribution in [0.1, 0.15) is 84.2 Å². The minimum Gasteiger partial charge on any atom is -0.494 e. The molecule has 0 atom stereocenters. The Balaban J connectivity index is 1.63. The zero-order valence-corrected chi connectivity index (χ0v) is 33.0. The predicted molar refractivity (Wildman–Crippen MR) is 214 cm³/mol. The minimum absolute atomic E-state index is 0.000808. The van der Waals surface area contributed by atoms with Crippen LogP contribution in [-0.2, 0) is 28.4 Å². The quantitative estimate of drug-likeness (QED) is 0.0657. The average molecular weight is 819 g/mol. The van der Waals surface area contributed by atoms with Crippen molar-refractivity contribution >= 4 is 45.0 Å². The summed E-state index contributed by atoms with van der Waals surface area (Å²) in [7, 11) is 0. The zero-order chi connectivity index (χ0) is 43.3. The first-order valence-corrected chi connectivity index (χ1v) is 18.4. The van der Waals surface area contributed by atoms with Gasteiger partial charge in [0.1, 0.15) is 0 Å². The highest BCUT2D eigenvalue weighted by Gasteiger charge is 2.35. The van der Waals surface area contributed by atoms with Crippen LogP contribution in [-0.4, -0.2) is 42.6 Å². The SMILES string of the molecule is CCC(=O)NN=C(C)c1c(O)n(-c2cc(C)cc(Cc3cc(C(F)(F)F)cc4c3c(C(C)=NNC(C)=O)c(O)n4-c3cc(C)cc(C)c3)c2)c2cc(C(F)(F)F)ccc12. The first kappa shape index (κ1) is 42.0. The summed E-state index contributed by atoms with van der Waals surface area (Å²) in [5.41, 5.74) is 6.10. The molecular formula is C43H40F6N6O4. The van der Waals surface area contributed by atoms with Gasteiger partial charge in [0.05, 0.1) is 44.7 Å². The molecule has 0 unspecified atom stereocenters. The summed E-state index contributed by atoms with van der Waals surface area (Å²) >= 11 is 0. The third-order valence-electron chi connectivity index (χ3n) is 9.74. The Morgan fingerprint density at radius 2 is 1.19 bits per heavy atom. The van der Waals surface area contributed by atoms with E-state index in [4.69, 9.17) is 0 Å². The number of hydrogen-bond donors (Lipinski definition) is 4. The van der Waals surface area contributed by atoms with Crippen molar-refractivity contribution in [1.29, 1.82) is 0 Å². The van der Waals surface area contributed by atoms with Crippen molar-refractivity contribution in [3.8, 4) is 23.1 Å². The molecule has 0 saturated heterocycles. The molecule has 4 aromatic carbocycles. The lowest BCUT2D eigenvalue weighted by Crippen LogP contribution is -2.17. The molecule has 0 bridgehead atoms. The van der Waals surface area contributed by atoms with Crippen molar-refractivity contribution in [3.63, 3.8) is 0 Å².